The standard InChI is InChI=1S/C12H10F2N2O2/c13-9-2-1-8(7-10(9)14)4-6-16-12(18)11(17)3-5-15-16/h1-3,5,7,17H,4,6H2. The summed E-state index contributed by atoms with van der Waals surface area (Å²) in [6.07, 6.45) is 1.61. The summed E-state index contributed by atoms with van der Waals surface area (Å²) in [7, 11) is 0. The van der Waals surface area contributed by atoms with Crippen molar-refractivity contribution in [1.29, 1.82) is 0 Å². The molecule has 6 heteroatoms. The Morgan fingerprint density at radius 2 is 2.00 bits per heavy atom. The van der Waals surface area contributed by atoms with Gasteiger partial charge in [-0.2, -0.15) is 5.10 Å². The van der Waals surface area contributed by atoms with Gasteiger partial charge in [-0.05, 0) is 24.1 Å². The Balaban J connectivity index is 2.14. The van der Waals surface area contributed by atoms with Gasteiger partial charge in [-0.1, -0.05) is 6.07 Å². The molecule has 94 valence electrons. The van der Waals surface area contributed by atoms with Gasteiger partial charge in [-0.25, -0.2) is 13.5 Å². The zero-order chi connectivity index (χ0) is 13.1. The van der Waals surface area contributed by atoms with Crippen molar-refractivity contribution in [1.82, 2.24) is 9.78 Å². The van der Waals surface area contributed by atoms with Crippen LogP contribution in [0.4, 0.5) is 8.78 Å². The van der Waals surface area contributed by atoms with Gasteiger partial charge < -0.3 is 5.11 Å². The van der Waals surface area contributed by atoms with Crippen LogP contribution in [0.15, 0.2) is 35.3 Å². The fourth-order valence-corrected chi connectivity index (χ4v) is 1.53. The molecule has 18 heavy (non-hydrogen) atoms. The molecule has 1 aromatic heterocycles. The smallest absolute Gasteiger partial charge is 0.308 e. The topological polar surface area (TPSA) is 55.1 Å². The average Bonchev–Trinajstić information content (AvgIpc) is 2.35. The van der Waals surface area contributed by atoms with Gasteiger partial charge in [0.15, 0.2) is 17.4 Å². The van der Waals surface area contributed by atoms with Crippen LogP contribution in [-0.2, 0) is 13.0 Å². The third-order valence-corrected chi connectivity index (χ3v) is 2.49. The minimum atomic E-state index is -0.927. The van der Waals surface area contributed by atoms with E-state index in [2.05, 4.69) is 5.10 Å². The van der Waals surface area contributed by atoms with E-state index in [1.807, 2.05) is 0 Å². The average molecular weight is 252 g/mol. The second kappa shape index (κ2) is 4.95. The van der Waals surface area contributed by atoms with E-state index in [1.54, 1.807) is 0 Å². The van der Waals surface area contributed by atoms with Gasteiger partial charge in [0.25, 0.3) is 0 Å². The third-order valence-electron chi connectivity index (χ3n) is 2.49. The number of aromatic hydroxyl groups is 1. The molecule has 4 nitrogen and oxygen atoms in total. The molecule has 0 radical (unpaired) electrons. The first kappa shape index (κ1) is 12.2. The molecule has 0 unspecified atom stereocenters. The maximum atomic E-state index is 12.9. The molecule has 0 saturated heterocycles. The Morgan fingerprint density at radius 3 is 2.72 bits per heavy atom. The Kier molecular flexibility index (Phi) is 3.36. The van der Waals surface area contributed by atoms with Crippen LogP contribution >= 0.6 is 0 Å². The fourth-order valence-electron chi connectivity index (χ4n) is 1.53. The van der Waals surface area contributed by atoms with Crippen LogP contribution in [0.25, 0.3) is 0 Å². The predicted molar refractivity (Wildman–Crippen MR) is 60.2 cm³/mol. The van der Waals surface area contributed by atoms with Crippen molar-refractivity contribution in [2.45, 2.75) is 13.0 Å². The van der Waals surface area contributed by atoms with E-state index in [0.29, 0.717) is 12.0 Å². The summed E-state index contributed by atoms with van der Waals surface area (Å²) < 4.78 is 26.7. The fraction of sp³-hybridized carbons (Fsp3) is 0.167. The van der Waals surface area contributed by atoms with E-state index in [0.717, 1.165) is 16.8 Å². The molecule has 2 aromatic rings. The van der Waals surface area contributed by atoms with Gasteiger partial charge >= 0.3 is 5.56 Å². The van der Waals surface area contributed by atoms with Crippen molar-refractivity contribution in [2.24, 2.45) is 0 Å². The van der Waals surface area contributed by atoms with Crippen molar-refractivity contribution in [3.05, 3.63) is 58.0 Å². The van der Waals surface area contributed by atoms with Crippen LogP contribution in [0.3, 0.4) is 0 Å². The molecule has 0 amide bonds. The van der Waals surface area contributed by atoms with Crippen molar-refractivity contribution in [3.63, 3.8) is 0 Å². The zero-order valence-electron chi connectivity index (χ0n) is 9.31. The maximum absolute atomic E-state index is 12.9. The first-order valence-electron chi connectivity index (χ1n) is 5.27. The first-order chi connectivity index (χ1) is 8.58. The lowest BCUT2D eigenvalue weighted by Crippen LogP contribution is -2.22. The van der Waals surface area contributed by atoms with Crippen LogP contribution < -0.4 is 5.56 Å². The SMILES string of the molecule is O=c1c(O)ccnn1CCc1ccc(F)c(F)c1. The summed E-state index contributed by atoms with van der Waals surface area (Å²) in [5, 5.41) is 13.0. The number of benzene rings is 1. The van der Waals surface area contributed by atoms with Gasteiger partial charge in [-0.3, -0.25) is 4.79 Å². The Labute approximate surface area is 101 Å². The minimum absolute atomic E-state index is 0.179. The van der Waals surface area contributed by atoms with Gasteiger partial charge in [0, 0.05) is 12.6 Å². The summed E-state index contributed by atoms with van der Waals surface area (Å²) in [4.78, 5) is 11.4. The Hall–Kier alpha value is -2.24. The van der Waals surface area contributed by atoms with E-state index in [4.69, 9.17) is 0 Å². The molecule has 0 fully saturated rings. The lowest BCUT2D eigenvalue weighted by atomic mass is 10.1. The van der Waals surface area contributed by atoms with Gasteiger partial charge in [0.1, 0.15) is 0 Å². The van der Waals surface area contributed by atoms with E-state index >= 15 is 0 Å². The van der Waals surface area contributed by atoms with E-state index in [9.17, 15) is 18.7 Å². The summed E-state index contributed by atoms with van der Waals surface area (Å²) in [5.41, 5.74) is -0.0639. The molecule has 1 heterocycles. The van der Waals surface area contributed by atoms with E-state index < -0.39 is 22.9 Å². The molecular formula is C12H10F2N2O2. The molecule has 0 spiro atoms. The van der Waals surface area contributed by atoms with Crippen LogP contribution in [-0.4, -0.2) is 14.9 Å². The largest absolute Gasteiger partial charge is 0.503 e. The molecule has 1 N–H and O–H groups in total. The van der Waals surface area contributed by atoms with E-state index in [-0.39, 0.29) is 6.54 Å². The highest BCUT2D eigenvalue weighted by atomic mass is 19.2. The van der Waals surface area contributed by atoms with Crippen LogP contribution in [0, 0.1) is 11.6 Å². The number of aromatic nitrogens is 2. The van der Waals surface area contributed by atoms with Crippen LogP contribution in [0.5, 0.6) is 5.75 Å². The van der Waals surface area contributed by atoms with Crippen molar-refractivity contribution >= 4 is 0 Å². The highest BCUT2D eigenvalue weighted by Gasteiger charge is 2.05. The van der Waals surface area contributed by atoms with Crippen LogP contribution in [0.1, 0.15) is 5.56 Å². The molecule has 0 aliphatic heterocycles. The van der Waals surface area contributed by atoms with Crippen molar-refractivity contribution in [2.75, 3.05) is 0 Å². The molecule has 1 aromatic carbocycles. The zero-order valence-corrected chi connectivity index (χ0v) is 9.31. The lowest BCUT2D eigenvalue weighted by molar-refractivity contribution is 0.444. The molecule has 0 bridgehead atoms. The van der Waals surface area contributed by atoms with Crippen LogP contribution in [0.2, 0.25) is 0 Å². The Morgan fingerprint density at radius 1 is 1.22 bits per heavy atom. The summed E-state index contributed by atoms with van der Waals surface area (Å²) in [6.45, 7) is 0.179. The highest BCUT2D eigenvalue weighted by molar-refractivity contribution is 5.18. The quantitative estimate of drug-likeness (QED) is 0.900. The van der Waals surface area contributed by atoms with Crippen molar-refractivity contribution in [3.8, 4) is 5.75 Å². The first-order valence-corrected chi connectivity index (χ1v) is 5.27. The normalized spacial score (nSPS) is 10.6. The highest BCUT2D eigenvalue weighted by Crippen LogP contribution is 2.09. The number of hydrogen-bond acceptors (Lipinski definition) is 3. The minimum Gasteiger partial charge on any atom is -0.503 e. The second-order valence-electron chi connectivity index (χ2n) is 3.74. The molecule has 0 saturated carbocycles. The molecule has 0 aliphatic carbocycles. The lowest BCUT2D eigenvalue weighted by Gasteiger charge is -2.05. The predicted octanol–water partition coefficient (Wildman–Crippen LogP) is 1.47. The summed E-state index contributed by atoms with van der Waals surface area (Å²) in [5.74, 6) is -2.23. The number of rotatable bonds is 3. The molecule has 2 rings (SSSR count). The summed E-state index contributed by atoms with van der Waals surface area (Å²) in [6, 6.07) is 4.73. The number of aryl methyl sites for hydroxylation is 2. The summed E-state index contributed by atoms with van der Waals surface area (Å²) >= 11 is 0. The van der Waals surface area contributed by atoms with Gasteiger partial charge in [0.05, 0.1) is 6.20 Å². The third kappa shape index (κ3) is 2.53. The van der Waals surface area contributed by atoms with E-state index in [1.165, 1.54) is 18.3 Å². The molecule has 0 aliphatic rings. The van der Waals surface area contributed by atoms with Gasteiger partial charge in [0.2, 0.25) is 0 Å². The monoisotopic (exact) mass is 252 g/mol. The molecular weight excluding hydrogens is 242 g/mol. The maximum Gasteiger partial charge on any atom is 0.308 e. The van der Waals surface area contributed by atoms with Gasteiger partial charge in [-0.15, -0.1) is 0 Å². The number of halogens is 2. The Bertz CT molecular complexity index is 626. The number of hydrogen-bond donors (Lipinski definition) is 1. The number of nitrogens with zero attached hydrogens (tertiary/aromatic N) is 2. The second-order valence-corrected chi connectivity index (χ2v) is 3.74. The van der Waals surface area contributed by atoms with Crippen molar-refractivity contribution < 1.29 is 13.9 Å². The molecule has 0 atom stereocenters.